The summed E-state index contributed by atoms with van der Waals surface area (Å²) in [5.41, 5.74) is 4.39. The normalized spacial score (nSPS) is 11.4. The van der Waals surface area contributed by atoms with Crippen molar-refractivity contribution < 1.29 is 30.0 Å². The van der Waals surface area contributed by atoms with Crippen LogP contribution >= 0.6 is 0 Å². The van der Waals surface area contributed by atoms with Gasteiger partial charge in [-0.15, -0.1) is 34.9 Å². The number of aromatic nitrogens is 2. The van der Waals surface area contributed by atoms with Crippen molar-refractivity contribution >= 4 is 27.3 Å². The molecule has 0 aliphatic heterocycles. The number of rotatable bonds is 8. The molecule has 1 radical (unpaired) electrons. The molecule has 203 valence electrons. The molecular formula is C33H39IrN2O2-. The first kappa shape index (κ1) is 31.3. The van der Waals surface area contributed by atoms with E-state index in [0.29, 0.717) is 0 Å². The van der Waals surface area contributed by atoms with Crippen LogP contribution in [0.15, 0.2) is 66.8 Å². The second-order valence-electron chi connectivity index (χ2n) is 9.67. The number of allylic oxidation sites excluding steroid dienone is 2. The minimum absolute atomic E-state index is 0. The molecule has 4 aromatic rings. The summed E-state index contributed by atoms with van der Waals surface area (Å²) in [6, 6.07) is 16.1. The van der Waals surface area contributed by atoms with Crippen LogP contribution in [0.5, 0.6) is 0 Å². The van der Waals surface area contributed by atoms with E-state index in [1.54, 1.807) is 0 Å². The van der Waals surface area contributed by atoms with Gasteiger partial charge in [-0.3, -0.25) is 9.78 Å². The molecule has 0 aliphatic carbocycles. The van der Waals surface area contributed by atoms with Gasteiger partial charge in [0.2, 0.25) is 0 Å². The first-order chi connectivity index (χ1) is 17.8. The van der Waals surface area contributed by atoms with Crippen LogP contribution in [0, 0.1) is 31.7 Å². The number of carbonyl (C=O) groups is 1. The quantitative estimate of drug-likeness (QED) is 0.0871. The van der Waals surface area contributed by atoms with Crippen molar-refractivity contribution in [3.8, 4) is 11.3 Å². The van der Waals surface area contributed by atoms with E-state index >= 15 is 0 Å². The average Bonchev–Trinajstić information content (AvgIpc) is 2.89. The van der Waals surface area contributed by atoms with Crippen LogP contribution < -0.4 is 0 Å². The third-order valence-corrected chi connectivity index (χ3v) is 7.05. The van der Waals surface area contributed by atoms with Crippen molar-refractivity contribution in [2.45, 2.75) is 67.2 Å². The Morgan fingerprint density at radius 1 is 0.895 bits per heavy atom. The van der Waals surface area contributed by atoms with Crippen LogP contribution in [0.2, 0.25) is 0 Å². The van der Waals surface area contributed by atoms with Gasteiger partial charge < -0.3 is 10.1 Å². The van der Waals surface area contributed by atoms with Crippen molar-refractivity contribution in [3.05, 3.63) is 84.0 Å². The Balaban J connectivity index is 0.000000282. The summed E-state index contributed by atoms with van der Waals surface area (Å²) < 4.78 is 0. The van der Waals surface area contributed by atoms with E-state index in [2.05, 4.69) is 60.2 Å². The van der Waals surface area contributed by atoms with Crippen molar-refractivity contribution in [2.75, 3.05) is 0 Å². The summed E-state index contributed by atoms with van der Waals surface area (Å²) in [6.07, 6.45) is 10.5. The summed E-state index contributed by atoms with van der Waals surface area (Å²) in [5, 5.41) is 14.4. The summed E-state index contributed by atoms with van der Waals surface area (Å²) in [4.78, 5) is 20.6. The van der Waals surface area contributed by atoms with Gasteiger partial charge in [-0.1, -0.05) is 53.7 Å². The van der Waals surface area contributed by atoms with Crippen LogP contribution in [0.1, 0.15) is 64.5 Å². The van der Waals surface area contributed by atoms with Crippen LogP contribution in [0.4, 0.5) is 0 Å². The summed E-state index contributed by atoms with van der Waals surface area (Å²) in [5.74, 6) is 0.547. The zero-order valence-electron chi connectivity index (χ0n) is 23.3. The number of aryl methyl sites for hydroxylation is 2. The van der Waals surface area contributed by atoms with Gasteiger partial charge in [-0.05, 0) is 59.7 Å². The molecule has 0 bridgehead atoms. The van der Waals surface area contributed by atoms with Crippen molar-refractivity contribution in [3.63, 3.8) is 0 Å². The zero-order chi connectivity index (χ0) is 26.9. The van der Waals surface area contributed by atoms with Crippen LogP contribution in [0.25, 0.3) is 32.8 Å². The average molecular weight is 688 g/mol. The van der Waals surface area contributed by atoms with E-state index in [-0.39, 0.29) is 43.5 Å². The Morgan fingerprint density at radius 2 is 1.58 bits per heavy atom. The monoisotopic (exact) mass is 688 g/mol. The number of nitrogens with zero attached hydrogens (tertiary/aromatic N) is 2. The number of benzene rings is 2. The van der Waals surface area contributed by atoms with Crippen molar-refractivity contribution in [1.82, 2.24) is 9.97 Å². The molecule has 0 fully saturated rings. The van der Waals surface area contributed by atoms with Gasteiger partial charge in [0.1, 0.15) is 0 Å². The second-order valence-corrected chi connectivity index (χ2v) is 9.67. The van der Waals surface area contributed by atoms with Crippen LogP contribution in [-0.2, 0) is 24.9 Å². The molecular weight excluding hydrogens is 649 g/mol. The standard InChI is InChI=1S/C20H15N2.C13H24O2.Ir/c1-13-9-14(2)11-16(10-13)20-18-4-3-15-5-7-21-12-19(15)17(18)6-8-22-20;1-5-10(6-2)12(14)9-13(15)11(7-3)8-4;/h3-10,12H,1-2H3;9-11,14H,5-8H2,1-4H3;/q-1;;/b;12-9-;. The number of carbonyl (C=O) groups excluding carboxylic acids is 1. The first-order valence-corrected chi connectivity index (χ1v) is 13.4. The Kier molecular flexibility index (Phi) is 12.3. The van der Waals surface area contributed by atoms with Gasteiger partial charge in [-0.25, -0.2) is 0 Å². The zero-order valence-corrected chi connectivity index (χ0v) is 25.7. The van der Waals surface area contributed by atoms with Crippen LogP contribution in [-0.4, -0.2) is 20.9 Å². The second kappa shape index (κ2) is 14.9. The fourth-order valence-corrected chi connectivity index (χ4v) is 4.84. The topological polar surface area (TPSA) is 63.1 Å². The molecule has 0 saturated heterocycles. The molecule has 0 atom stereocenters. The number of aliphatic hydroxyl groups excluding tert-OH is 1. The number of ketones is 1. The predicted octanol–water partition coefficient (Wildman–Crippen LogP) is 8.73. The van der Waals surface area contributed by atoms with Gasteiger partial charge in [0.25, 0.3) is 0 Å². The Labute approximate surface area is 241 Å². The fraction of sp³-hybridized carbons (Fsp3) is 0.364. The van der Waals surface area contributed by atoms with E-state index in [4.69, 9.17) is 0 Å². The third kappa shape index (κ3) is 7.58. The minimum atomic E-state index is 0. The first-order valence-electron chi connectivity index (χ1n) is 13.4. The van der Waals surface area contributed by atoms with Gasteiger partial charge in [0.05, 0.1) is 5.76 Å². The number of hydrogen-bond donors (Lipinski definition) is 1. The molecule has 0 spiro atoms. The van der Waals surface area contributed by atoms with Crippen LogP contribution in [0.3, 0.4) is 0 Å². The Bertz CT molecular complexity index is 1370. The molecule has 1 N–H and O–H groups in total. The van der Waals surface area contributed by atoms with Gasteiger partial charge in [0.15, 0.2) is 5.78 Å². The minimum Gasteiger partial charge on any atom is -0.512 e. The van der Waals surface area contributed by atoms with E-state index in [0.717, 1.165) is 53.3 Å². The maximum atomic E-state index is 11.7. The molecule has 4 rings (SSSR count). The fourth-order valence-electron chi connectivity index (χ4n) is 4.84. The Morgan fingerprint density at radius 3 is 2.21 bits per heavy atom. The molecule has 4 nitrogen and oxygen atoms in total. The van der Waals surface area contributed by atoms with E-state index in [9.17, 15) is 9.90 Å². The number of pyridine rings is 2. The summed E-state index contributed by atoms with van der Waals surface area (Å²) in [7, 11) is 0. The predicted molar refractivity (Wildman–Crippen MR) is 155 cm³/mol. The van der Waals surface area contributed by atoms with Gasteiger partial charge >= 0.3 is 0 Å². The number of fused-ring (bicyclic) bond motifs is 3. The van der Waals surface area contributed by atoms with Crippen molar-refractivity contribution in [2.24, 2.45) is 11.8 Å². The maximum absolute atomic E-state index is 11.7. The number of hydrogen-bond acceptors (Lipinski definition) is 4. The summed E-state index contributed by atoms with van der Waals surface area (Å²) in [6.45, 7) is 12.2. The van der Waals surface area contributed by atoms with E-state index < -0.39 is 0 Å². The molecule has 0 saturated carbocycles. The Hall–Kier alpha value is -2.88. The molecule has 5 heteroatoms. The van der Waals surface area contributed by atoms with E-state index in [1.165, 1.54) is 22.4 Å². The molecule has 0 amide bonds. The molecule has 0 aliphatic rings. The van der Waals surface area contributed by atoms with Gasteiger partial charge in [0, 0.05) is 62.0 Å². The SMILES string of the molecule is CCC(CC)C(=O)/C=C(\O)C(CC)CC.Cc1[c-]c(-c2nccc3c2ccc2ccncc23)cc(C)c1.[Ir]. The van der Waals surface area contributed by atoms with Crippen molar-refractivity contribution in [1.29, 1.82) is 0 Å². The molecule has 38 heavy (non-hydrogen) atoms. The van der Waals surface area contributed by atoms with Gasteiger partial charge in [-0.2, -0.15) is 0 Å². The molecule has 2 aromatic heterocycles. The number of aliphatic hydroxyl groups is 1. The molecule has 0 unspecified atom stereocenters. The largest absolute Gasteiger partial charge is 0.512 e. The maximum Gasteiger partial charge on any atom is 0.162 e. The summed E-state index contributed by atoms with van der Waals surface area (Å²) >= 11 is 0. The molecule has 2 aromatic carbocycles. The smallest absolute Gasteiger partial charge is 0.162 e. The molecule has 2 heterocycles. The van der Waals surface area contributed by atoms with E-state index in [1.807, 2.05) is 52.4 Å². The third-order valence-electron chi connectivity index (χ3n) is 7.05.